The maximum absolute atomic E-state index is 12.6. The summed E-state index contributed by atoms with van der Waals surface area (Å²) in [6.07, 6.45) is 9.61. The average Bonchev–Trinajstić information content (AvgIpc) is 2.68. The number of carbonyl (C=O) groups is 1. The maximum atomic E-state index is 12.6. The van der Waals surface area contributed by atoms with E-state index in [1.54, 1.807) is 0 Å². The SMILES string of the molecule is C=CC1=C(C/C=C\C)N(c2ccc3c(c2)CCN(CCCl)C3=O)C=NC1. The second kappa shape index (κ2) is 8.37. The normalized spacial score (nSPS) is 17.2. The topological polar surface area (TPSA) is 35.9 Å². The summed E-state index contributed by atoms with van der Waals surface area (Å²) in [7, 11) is 0. The average molecular weight is 370 g/mol. The molecule has 136 valence electrons. The number of halogens is 1. The second-order valence-electron chi connectivity index (χ2n) is 6.35. The van der Waals surface area contributed by atoms with Gasteiger partial charge in [0.05, 0.1) is 12.9 Å². The van der Waals surface area contributed by atoms with Gasteiger partial charge in [0, 0.05) is 42.3 Å². The molecule has 0 aliphatic carbocycles. The fraction of sp³-hybridized carbons (Fsp3) is 0.333. The highest BCUT2D eigenvalue weighted by atomic mass is 35.5. The summed E-state index contributed by atoms with van der Waals surface area (Å²) >= 11 is 5.81. The molecule has 1 amide bonds. The van der Waals surface area contributed by atoms with Crippen molar-refractivity contribution in [3.63, 3.8) is 0 Å². The Hall–Kier alpha value is -2.33. The molecule has 4 nitrogen and oxygen atoms in total. The van der Waals surface area contributed by atoms with Crippen LogP contribution in [-0.2, 0) is 6.42 Å². The lowest BCUT2D eigenvalue weighted by molar-refractivity contribution is 0.0750. The Morgan fingerprint density at radius 1 is 1.38 bits per heavy atom. The van der Waals surface area contributed by atoms with Crippen molar-refractivity contribution in [1.82, 2.24) is 4.90 Å². The lowest BCUT2D eigenvalue weighted by Gasteiger charge is -2.31. The van der Waals surface area contributed by atoms with Crippen LogP contribution in [0, 0.1) is 0 Å². The molecule has 1 aromatic carbocycles. The Bertz CT molecular complexity index is 794. The molecule has 0 spiro atoms. The van der Waals surface area contributed by atoms with Gasteiger partial charge >= 0.3 is 0 Å². The summed E-state index contributed by atoms with van der Waals surface area (Å²) in [6.45, 7) is 7.92. The zero-order valence-electron chi connectivity index (χ0n) is 15.1. The summed E-state index contributed by atoms with van der Waals surface area (Å²) in [5.41, 5.74) is 5.21. The van der Waals surface area contributed by atoms with Crippen LogP contribution in [0.2, 0.25) is 0 Å². The van der Waals surface area contributed by atoms with E-state index in [9.17, 15) is 4.79 Å². The summed E-state index contributed by atoms with van der Waals surface area (Å²) in [5.74, 6) is 0.537. The Morgan fingerprint density at radius 2 is 2.23 bits per heavy atom. The van der Waals surface area contributed by atoms with Crippen molar-refractivity contribution >= 4 is 29.5 Å². The molecule has 0 atom stereocenters. The minimum Gasteiger partial charge on any atom is -0.337 e. The van der Waals surface area contributed by atoms with Gasteiger partial charge in [0.1, 0.15) is 0 Å². The van der Waals surface area contributed by atoms with E-state index in [0.29, 0.717) is 19.0 Å². The van der Waals surface area contributed by atoms with E-state index in [1.165, 1.54) is 5.70 Å². The van der Waals surface area contributed by atoms with E-state index in [2.05, 4.69) is 34.7 Å². The Labute approximate surface area is 160 Å². The van der Waals surface area contributed by atoms with Gasteiger partial charge in [0.25, 0.3) is 5.91 Å². The van der Waals surface area contributed by atoms with Gasteiger partial charge in [-0.3, -0.25) is 9.79 Å². The van der Waals surface area contributed by atoms with Crippen LogP contribution in [0.5, 0.6) is 0 Å². The highest BCUT2D eigenvalue weighted by Crippen LogP contribution is 2.30. The number of rotatable bonds is 6. The molecule has 0 N–H and O–H groups in total. The summed E-state index contributed by atoms with van der Waals surface area (Å²) in [5, 5.41) is 0. The summed E-state index contributed by atoms with van der Waals surface area (Å²) in [6, 6.07) is 6.03. The van der Waals surface area contributed by atoms with E-state index in [1.807, 2.05) is 36.4 Å². The van der Waals surface area contributed by atoms with Crippen molar-refractivity contribution in [2.75, 3.05) is 30.4 Å². The third-order valence-corrected chi connectivity index (χ3v) is 4.97. The number of carbonyl (C=O) groups excluding carboxylic acids is 1. The Balaban J connectivity index is 1.94. The van der Waals surface area contributed by atoms with E-state index in [0.717, 1.165) is 41.8 Å². The smallest absolute Gasteiger partial charge is 0.254 e. The molecule has 2 aliphatic heterocycles. The molecule has 2 heterocycles. The first-order valence-electron chi connectivity index (χ1n) is 8.92. The molecule has 0 saturated heterocycles. The predicted octanol–water partition coefficient (Wildman–Crippen LogP) is 4.18. The highest BCUT2D eigenvalue weighted by Gasteiger charge is 2.25. The lowest BCUT2D eigenvalue weighted by atomic mass is 9.97. The quantitative estimate of drug-likeness (QED) is 0.557. The van der Waals surface area contributed by atoms with Crippen LogP contribution in [0.15, 0.2) is 59.3 Å². The van der Waals surface area contributed by atoms with E-state index < -0.39 is 0 Å². The molecule has 0 radical (unpaired) electrons. The van der Waals surface area contributed by atoms with Crippen LogP contribution >= 0.6 is 11.6 Å². The first-order chi connectivity index (χ1) is 12.7. The van der Waals surface area contributed by atoms with Gasteiger partial charge in [-0.15, -0.1) is 11.6 Å². The predicted molar refractivity (Wildman–Crippen MR) is 109 cm³/mol. The van der Waals surface area contributed by atoms with Crippen LogP contribution in [0.1, 0.15) is 29.3 Å². The summed E-state index contributed by atoms with van der Waals surface area (Å²) < 4.78 is 0. The molecule has 2 aliphatic rings. The fourth-order valence-corrected chi connectivity index (χ4v) is 3.59. The molecule has 0 bridgehead atoms. The standard InChI is InChI=1S/C21H24ClN3O/c1-3-5-6-20-16(4-2)14-23-15-25(20)18-7-8-19-17(13-18)9-11-24(12-10-22)21(19)26/h3-5,7-8,13,15H,2,6,9-12,14H2,1H3/b5-3-. The number of alkyl halides is 1. The monoisotopic (exact) mass is 369 g/mol. The minimum absolute atomic E-state index is 0.0715. The molecule has 0 fully saturated rings. The van der Waals surface area contributed by atoms with Crippen LogP contribution in [0.25, 0.3) is 0 Å². The first kappa shape index (κ1) is 18.5. The molecule has 1 aromatic rings. The number of anilines is 1. The van der Waals surface area contributed by atoms with E-state index in [4.69, 9.17) is 11.6 Å². The van der Waals surface area contributed by atoms with Gasteiger partial charge in [-0.25, -0.2) is 0 Å². The van der Waals surface area contributed by atoms with Gasteiger partial charge in [-0.05, 0) is 42.7 Å². The van der Waals surface area contributed by atoms with Crippen molar-refractivity contribution in [2.45, 2.75) is 19.8 Å². The van der Waals surface area contributed by atoms with Crippen LogP contribution in [-0.4, -0.2) is 42.7 Å². The molecule has 0 saturated carbocycles. The van der Waals surface area contributed by atoms with Gasteiger partial charge in [0.2, 0.25) is 0 Å². The molecule has 0 aromatic heterocycles. The number of allylic oxidation sites excluding steroid dienone is 2. The first-order valence-corrected chi connectivity index (χ1v) is 9.46. The number of hydrogen-bond donors (Lipinski definition) is 0. The largest absolute Gasteiger partial charge is 0.337 e. The van der Waals surface area contributed by atoms with Crippen LogP contribution in [0.4, 0.5) is 5.69 Å². The fourth-order valence-electron chi connectivity index (χ4n) is 3.39. The number of benzene rings is 1. The molecule has 26 heavy (non-hydrogen) atoms. The Morgan fingerprint density at radius 3 is 2.96 bits per heavy atom. The van der Waals surface area contributed by atoms with Gasteiger partial charge in [0.15, 0.2) is 0 Å². The highest BCUT2D eigenvalue weighted by molar-refractivity contribution is 6.18. The van der Waals surface area contributed by atoms with E-state index >= 15 is 0 Å². The minimum atomic E-state index is 0.0715. The van der Waals surface area contributed by atoms with Crippen molar-refractivity contribution in [2.24, 2.45) is 4.99 Å². The Kier molecular flexibility index (Phi) is 5.94. The number of amides is 1. The van der Waals surface area contributed by atoms with Gasteiger partial charge < -0.3 is 9.80 Å². The van der Waals surface area contributed by atoms with Crippen LogP contribution < -0.4 is 4.90 Å². The van der Waals surface area contributed by atoms with Crippen molar-refractivity contribution < 1.29 is 4.79 Å². The van der Waals surface area contributed by atoms with Gasteiger partial charge in [-0.2, -0.15) is 0 Å². The van der Waals surface area contributed by atoms with Gasteiger partial charge in [-0.1, -0.05) is 24.8 Å². The number of hydrogen-bond acceptors (Lipinski definition) is 3. The second-order valence-corrected chi connectivity index (χ2v) is 6.73. The molecule has 5 heteroatoms. The van der Waals surface area contributed by atoms with E-state index in [-0.39, 0.29) is 5.91 Å². The number of aliphatic imine (C=N–C) groups is 1. The third-order valence-electron chi connectivity index (χ3n) is 4.80. The summed E-state index contributed by atoms with van der Waals surface area (Å²) in [4.78, 5) is 21.0. The maximum Gasteiger partial charge on any atom is 0.254 e. The molecular weight excluding hydrogens is 346 g/mol. The van der Waals surface area contributed by atoms with Crippen molar-refractivity contribution in [3.05, 3.63) is 65.4 Å². The molecular formula is C21H24ClN3O. The number of fused-ring (bicyclic) bond motifs is 1. The molecule has 0 unspecified atom stereocenters. The lowest BCUT2D eigenvalue weighted by Crippen LogP contribution is -2.39. The molecule has 3 rings (SSSR count). The van der Waals surface area contributed by atoms with Crippen molar-refractivity contribution in [1.29, 1.82) is 0 Å². The zero-order chi connectivity index (χ0) is 18.5. The zero-order valence-corrected chi connectivity index (χ0v) is 15.9. The van der Waals surface area contributed by atoms with Crippen molar-refractivity contribution in [3.8, 4) is 0 Å². The van der Waals surface area contributed by atoms with Crippen LogP contribution in [0.3, 0.4) is 0 Å². The third kappa shape index (κ3) is 3.61. The number of nitrogens with zero attached hydrogens (tertiary/aromatic N) is 3.